The smallest absolute Gasteiger partial charge is 0.0337 e. The van der Waals surface area contributed by atoms with Crippen LogP contribution in [0.3, 0.4) is 0 Å². The number of hydrogen-bond acceptors (Lipinski definition) is 2. The minimum atomic E-state index is 0.369. The summed E-state index contributed by atoms with van der Waals surface area (Å²) >= 11 is 0. The number of nitrogens with two attached hydrogens (primary N) is 1. The minimum Gasteiger partial charge on any atom is -0.326 e. The summed E-state index contributed by atoms with van der Waals surface area (Å²) in [6, 6.07) is 9.61. The van der Waals surface area contributed by atoms with Crippen LogP contribution in [0.4, 0.5) is 0 Å². The normalized spacial score (nSPS) is 8.82. The Morgan fingerprint density at radius 1 is 1.36 bits per heavy atom. The van der Waals surface area contributed by atoms with Crippen molar-refractivity contribution in [3.05, 3.63) is 35.9 Å². The fraction of sp³-hybridized carbons (Fsp3) is 0.111. The first-order valence-electron chi connectivity index (χ1n) is 3.42. The molecular weight excluding hydrogens is 136 g/mol. The van der Waals surface area contributed by atoms with Crippen LogP contribution in [0.5, 0.6) is 0 Å². The molecule has 0 atom stereocenters. The van der Waals surface area contributed by atoms with E-state index in [1.807, 2.05) is 30.3 Å². The van der Waals surface area contributed by atoms with Crippen LogP contribution < -0.4 is 5.73 Å². The standard InChI is InChI=1S/C9H10N2/c10-6-9(7-11)8-4-2-1-3-5-8/h1-5,11H,6,10H2. The van der Waals surface area contributed by atoms with Gasteiger partial charge in [-0.3, -0.25) is 5.41 Å². The Morgan fingerprint density at radius 2 is 2.00 bits per heavy atom. The van der Waals surface area contributed by atoms with Gasteiger partial charge in [0, 0.05) is 12.1 Å². The molecule has 2 heteroatoms. The van der Waals surface area contributed by atoms with E-state index < -0.39 is 0 Å². The van der Waals surface area contributed by atoms with Crippen molar-refractivity contribution in [2.24, 2.45) is 5.73 Å². The number of nitrogens with one attached hydrogen (secondary N) is 1. The highest BCUT2D eigenvalue weighted by Crippen LogP contribution is 2.07. The minimum absolute atomic E-state index is 0.369. The van der Waals surface area contributed by atoms with Crippen LogP contribution >= 0.6 is 0 Å². The van der Waals surface area contributed by atoms with E-state index >= 15 is 0 Å². The van der Waals surface area contributed by atoms with Crippen LogP contribution in [-0.4, -0.2) is 12.4 Å². The molecule has 1 aromatic rings. The molecular formula is C9H10N2. The third kappa shape index (κ3) is 1.77. The Kier molecular flexibility index (Phi) is 2.61. The lowest BCUT2D eigenvalue weighted by molar-refractivity contribution is 1.27. The van der Waals surface area contributed by atoms with Gasteiger partial charge in [-0.15, -0.1) is 0 Å². The lowest BCUT2D eigenvalue weighted by atomic mass is 10.1. The van der Waals surface area contributed by atoms with Crippen LogP contribution in [0.25, 0.3) is 5.57 Å². The van der Waals surface area contributed by atoms with E-state index in [0.717, 1.165) is 11.1 Å². The monoisotopic (exact) mass is 146 g/mol. The molecule has 1 rings (SSSR count). The van der Waals surface area contributed by atoms with Crippen LogP contribution in [0.15, 0.2) is 30.3 Å². The van der Waals surface area contributed by atoms with E-state index in [-0.39, 0.29) is 0 Å². The summed E-state index contributed by atoms with van der Waals surface area (Å²) in [6.07, 6.45) is 0. The first-order valence-corrected chi connectivity index (χ1v) is 3.42. The molecule has 0 radical (unpaired) electrons. The maximum absolute atomic E-state index is 6.93. The predicted octanol–water partition coefficient (Wildman–Crippen LogP) is 1.28. The predicted molar refractivity (Wildman–Crippen MR) is 46.6 cm³/mol. The Bertz CT molecular complexity index is 271. The van der Waals surface area contributed by atoms with Crippen molar-refractivity contribution >= 4 is 11.4 Å². The molecule has 0 heterocycles. The van der Waals surface area contributed by atoms with E-state index in [9.17, 15) is 0 Å². The van der Waals surface area contributed by atoms with E-state index in [2.05, 4.69) is 5.87 Å². The molecule has 0 aromatic heterocycles. The van der Waals surface area contributed by atoms with Gasteiger partial charge in [-0.25, -0.2) is 0 Å². The van der Waals surface area contributed by atoms with Gasteiger partial charge in [-0.2, -0.15) is 0 Å². The van der Waals surface area contributed by atoms with E-state index in [0.29, 0.717) is 6.54 Å². The average molecular weight is 146 g/mol. The molecule has 3 N–H and O–H groups in total. The van der Waals surface area contributed by atoms with Crippen molar-refractivity contribution in [3.8, 4) is 0 Å². The lowest BCUT2D eigenvalue weighted by Crippen LogP contribution is -2.02. The first-order chi connectivity index (χ1) is 5.38. The molecule has 0 aliphatic rings. The highest BCUT2D eigenvalue weighted by Gasteiger charge is 1.95. The van der Waals surface area contributed by atoms with Crippen LogP contribution in [0.2, 0.25) is 0 Å². The molecule has 0 aliphatic heterocycles. The fourth-order valence-corrected chi connectivity index (χ4v) is 0.880. The van der Waals surface area contributed by atoms with Gasteiger partial charge in [-0.05, 0) is 11.4 Å². The fourth-order valence-electron chi connectivity index (χ4n) is 0.880. The van der Waals surface area contributed by atoms with Crippen molar-refractivity contribution in [1.82, 2.24) is 0 Å². The quantitative estimate of drug-likeness (QED) is 0.606. The Balaban J connectivity index is 3.02. The second kappa shape index (κ2) is 3.71. The van der Waals surface area contributed by atoms with Crippen molar-refractivity contribution in [2.45, 2.75) is 0 Å². The summed E-state index contributed by atoms with van der Waals surface area (Å²) in [5.41, 5.74) is 7.11. The summed E-state index contributed by atoms with van der Waals surface area (Å²) in [5, 5.41) is 6.93. The highest BCUT2D eigenvalue weighted by atomic mass is 14.5. The third-order valence-electron chi connectivity index (χ3n) is 1.48. The average Bonchev–Trinajstić information content (AvgIpc) is 2.09. The summed E-state index contributed by atoms with van der Waals surface area (Å²) in [5.74, 6) is 2.31. The maximum atomic E-state index is 6.93. The molecule has 2 nitrogen and oxygen atoms in total. The Labute approximate surface area is 65.9 Å². The molecule has 0 amide bonds. The van der Waals surface area contributed by atoms with Crippen LogP contribution in [0.1, 0.15) is 5.56 Å². The second-order valence-corrected chi connectivity index (χ2v) is 2.17. The van der Waals surface area contributed by atoms with Gasteiger partial charge >= 0.3 is 0 Å². The van der Waals surface area contributed by atoms with Crippen LogP contribution in [-0.2, 0) is 0 Å². The van der Waals surface area contributed by atoms with Gasteiger partial charge in [0.15, 0.2) is 0 Å². The van der Waals surface area contributed by atoms with Gasteiger partial charge in [-0.1, -0.05) is 30.3 Å². The molecule has 0 saturated carbocycles. The lowest BCUT2D eigenvalue weighted by Gasteiger charge is -1.98. The van der Waals surface area contributed by atoms with Gasteiger partial charge in [0.2, 0.25) is 0 Å². The molecule has 1 aromatic carbocycles. The molecule has 0 fully saturated rings. The van der Waals surface area contributed by atoms with Gasteiger partial charge in [0.1, 0.15) is 0 Å². The largest absolute Gasteiger partial charge is 0.326 e. The number of hydrogen-bond donors (Lipinski definition) is 2. The van der Waals surface area contributed by atoms with Crippen molar-refractivity contribution in [1.29, 1.82) is 5.41 Å². The van der Waals surface area contributed by atoms with Gasteiger partial charge in [0.25, 0.3) is 0 Å². The highest BCUT2D eigenvalue weighted by molar-refractivity contribution is 5.89. The topological polar surface area (TPSA) is 49.9 Å². The first kappa shape index (κ1) is 7.73. The zero-order valence-corrected chi connectivity index (χ0v) is 6.17. The molecule has 0 spiro atoms. The van der Waals surface area contributed by atoms with Crippen molar-refractivity contribution in [3.63, 3.8) is 0 Å². The van der Waals surface area contributed by atoms with E-state index in [4.69, 9.17) is 11.1 Å². The summed E-state index contributed by atoms with van der Waals surface area (Å²) < 4.78 is 0. The molecule has 56 valence electrons. The van der Waals surface area contributed by atoms with Crippen molar-refractivity contribution < 1.29 is 0 Å². The van der Waals surface area contributed by atoms with E-state index in [1.54, 1.807) is 0 Å². The van der Waals surface area contributed by atoms with Crippen molar-refractivity contribution in [2.75, 3.05) is 6.54 Å². The Hall–Kier alpha value is -1.37. The summed E-state index contributed by atoms with van der Waals surface area (Å²) in [4.78, 5) is 0. The molecule has 0 saturated heterocycles. The number of benzene rings is 1. The summed E-state index contributed by atoms with van der Waals surface area (Å²) in [6.45, 7) is 0.369. The summed E-state index contributed by atoms with van der Waals surface area (Å²) in [7, 11) is 0. The van der Waals surface area contributed by atoms with E-state index in [1.165, 1.54) is 0 Å². The second-order valence-electron chi connectivity index (χ2n) is 2.17. The zero-order valence-electron chi connectivity index (χ0n) is 6.17. The molecule has 11 heavy (non-hydrogen) atoms. The number of rotatable bonds is 2. The third-order valence-corrected chi connectivity index (χ3v) is 1.48. The van der Waals surface area contributed by atoms with Gasteiger partial charge < -0.3 is 5.73 Å². The van der Waals surface area contributed by atoms with Crippen LogP contribution in [0, 0.1) is 5.41 Å². The maximum Gasteiger partial charge on any atom is 0.0337 e. The van der Waals surface area contributed by atoms with Gasteiger partial charge in [0.05, 0.1) is 0 Å². The SMILES string of the molecule is N=C=C(CN)c1ccccc1. The zero-order chi connectivity index (χ0) is 8.10. The Morgan fingerprint density at radius 3 is 2.45 bits per heavy atom. The molecule has 0 aliphatic carbocycles. The molecule has 0 unspecified atom stereocenters. The molecule has 0 bridgehead atoms.